The molecule has 2 unspecified atom stereocenters. The molecule has 3 N–H and O–H groups in total. The molecule has 0 saturated heterocycles. The van der Waals surface area contributed by atoms with Crippen LogP contribution < -0.4 is 11.1 Å². The van der Waals surface area contributed by atoms with Gasteiger partial charge in [-0.05, 0) is 38.0 Å². The molecule has 19 heavy (non-hydrogen) atoms. The average molecular weight is 280 g/mol. The van der Waals surface area contributed by atoms with E-state index in [1.807, 2.05) is 32.0 Å². The van der Waals surface area contributed by atoms with Gasteiger partial charge >= 0.3 is 0 Å². The van der Waals surface area contributed by atoms with E-state index in [0.717, 1.165) is 29.8 Å². The Kier molecular flexibility index (Phi) is 6.95. The van der Waals surface area contributed by atoms with E-state index in [9.17, 15) is 4.79 Å². The van der Waals surface area contributed by atoms with Crippen molar-refractivity contribution in [1.82, 2.24) is 5.32 Å². The molecule has 0 aromatic heterocycles. The Balaban J connectivity index is 2.53. The molecule has 3 nitrogen and oxygen atoms in total. The zero-order chi connectivity index (χ0) is 14.3. The average Bonchev–Trinajstić information content (AvgIpc) is 2.39. The summed E-state index contributed by atoms with van der Waals surface area (Å²) in [5.74, 6) is 0.102. The molecule has 0 radical (unpaired) electrons. The predicted molar refractivity (Wildman–Crippen MR) is 82.3 cm³/mol. The number of nitrogens with two attached hydrogens (primary N) is 1. The number of thioether (sulfide) groups is 1. The first-order valence-corrected chi connectivity index (χ1v) is 7.72. The van der Waals surface area contributed by atoms with Crippen LogP contribution in [0.25, 0.3) is 0 Å². The largest absolute Gasteiger partial charge is 0.355 e. The molecule has 1 rings (SSSR count). The summed E-state index contributed by atoms with van der Waals surface area (Å²) in [4.78, 5) is 13.0. The SMILES string of the molecule is CCCCNC(=O)C(C)Sc1cccc(C(C)N)c1. The third-order valence-electron chi connectivity index (χ3n) is 2.90. The Morgan fingerprint density at radius 2 is 2.16 bits per heavy atom. The van der Waals surface area contributed by atoms with E-state index in [2.05, 4.69) is 18.3 Å². The van der Waals surface area contributed by atoms with Crippen molar-refractivity contribution in [3.63, 3.8) is 0 Å². The molecule has 4 heteroatoms. The lowest BCUT2D eigenvalue weighted by atomic mass is 10.1. The summed E-state index contributed by atoms with van der Waals surface area (Å²) in [7, 11) is 0. The highest BCUT2D eigenvalue weighted by Gasteiger charge is 2.14. The minimum atomic E-state index is -0.0832. The highest BCUT2D eigenvalue weighted by atomic mass is 32.2. The van der Waals surface area contributed by atoms with Crippen LogP contribution in [0.4, 0.5) is 0 Å². The topological polar surface area (TPSA) is 55.1 Å². The first-order valence-electron chi connectivity index (χ1n) is 6.84. The quantitative estimate of drug-likeness (QED) is 0.596. The van der Waals surface area contributed by atoms with Gasteiger partial charge in [-0.25, -0.2) is 0 Å². The lowest BCUT2D eigenvalue weighted by molar-refractivity contribution is -0.120. The van der Waals surface area contributed by atoms with Crippen molar-refractivity contribution in [2.24, 2.45) is 5.73 Å². The minimum Gasteiger partial charge on any atom is -0.355 e. The second-order valence-corrected chi connectivity index (χ2v) is 6.18. The van der Waals surface area contributed by atoms with Crippen LogP contribution in [-0.2, 0) is 4.79 Å². The Morgan fingerprint density at radius 3 is 2.79 bits per heavy atom. The van der Waals surface area contributed by atoms with E-state index in [1.54, 1.807) is 11.8 Å². The van der Waals surface area contributed by atoms with Gasteiger partial charge in [-0.2, -0.15) is 0 Å². The fourth-order valence-corrected chi connectivity index (χ4v) is 2.62. The second-order valence-electron chi connectivity index (χ2n) is 4.77. The van der Waals surface area contributed by atoms with Crippen LogP contribution in [0.15, 0.2) is 29.2 Å². The van der Waals surface area contributed by atoms with Gasteiger partial charge in [-0.3, -0.25) is 4.79 Å². The first-order chi connectivity index (χ1) is 9.04. The number of amides is 1. The van der Waals surface area contributed by atoms with Gasteiger partial charge in [0.05, 0.1) is 5.25 Å². The lowest BCUT2D eigenvalue weighted by Gasteiger charge is -2.13. The van der Waals surface area contributed by atoms with Crippen LogP contribution >= 0.6 is 11.8 Å². The van der Waals surface area contributed by atoms with Gasteiger partial charge in [0.15, 0.2) is 0 Å². The zero-order valence-corrected chi connectivity index (χ0v) is 12.8. The number of carbonyl (C=O) groups excluding carboxylic acids is 1. The molecule has 2 atom stereocenters. The van der Waals surface area contributed by atoms with E-state index in [-0.39, 0.29) is 17.2 Å². The van der Waals surface area contributed by atoms with Crippen molar-refractivity contribution in [3.8, 4) is 0 Å². The molecular weight excluding hydrogens is 256 g/mol. The number of hydrogen-bond donors (Lipinski definition) is 2. The number of hydrogen-bond acceptors (Lipinski definition) is 3. The first kappa shape index (κ1) is 16.1. The zero-order valence-electron chi connectivity index (χ0n) is 12.0. The number of rotatable bonds is 7. The monoisotopic (exact) mass is 280 g/mol. The van der Waals surface area contributed by atoms with Crippen LogP contribution in [0.3, 0.4) is 0 Å². The van der Waals surface area contributed by atoms with Gasteiger partial charge in [-0.15, -0.1) is 11.8 Å². The summed E-state index contributed by atoms with van der Waals surface area (Å²) in [5.41, 5.74) is 6.97. The number of benzene rings is 1. The highest BCUT2D eigenvalue weighted by molar-refractivity contribution is 8.00. The van der Waals surface area contributed by atoms with Gasteiger partial charge in [0.1, 0.15) is 0 Å². The number of nitrogens with one attached hydrogen (secondary N) is 1. The van der Waals surface area contributed by atoms with Crippen molar-refractivity contribution in [2.75, 3.05) is 6.54 Å². The molecule has 0 fully saturated rings. The van der Waals surface area contributed by atoms with Crippen molar-refractivity contribution in [3.05, 3.63) is 29.8 Å². The van der Waals surface area contributed by atoms with Crippen LogP contribution in [0.5, 0.6) is 0 Å². The molecule has 0 aliphatic carbocycles. The van der Waals surface area contributed by atoms with Crippen LogP contribution in [0.1, 0.15) is 45.2 Å². The number of unbranched alkanes of at least 4 members (excludes halogenated alkanes) is 1. The normalized spacial score (nSPS) is 13.9. The predicted octanol–water partition coefficient (Wildman–Crippen LogP) is 3.10. The van der Waals surface area contributed by atoms with Gasteiger partial charge in [0.2, 0.25) is 5.91 Å². The molecule has 106 valence electrons. The molecule has 0 aliphatic heterocycles. The maximum atomic E-state index is 11.9. The highest BCUT2D eigenvalue weighted by Crippen LogP contribution is 2.25. The van der Waals surface area contributed by atoms with E-state index in [0.29, 0.717) is 0 Å². The maximum absolute atomic E-state index is 11.9. The van der Waals surface area contributed by atoms with Gasteiger partial charge in [0.25, 0.3) is 0 Å². The second kappa shape index (κ2) is 8.23. The van der Waals surface area contributed by atoms with Crippen molar-refractivity contribution in [2.45, 2.75) is 49.8 Å². The molecular formula is C15H24N2OS. The Bertz CT molecular complexity index is 407. The summed E-state index contributed by atoms with van der Waals surface area (Å²) < 4.78 is 0. The van der Waals surface area contributed by atoms with E-state index in [1.165, 1.54) is 0 Å². The molecule has 1 amide bonds. The summed E-state index contributed by atoms with van der Waals surface area (Å²) >= 11 is 1.57. The summed E-state index contributed by atoms with van der Waals surface area (Å²) in [5, 5.41) is 2.87. The minimum absolute atomic E-state index is 0.0224. The molecule has 0 spiro atoms. The van der Waals surface area contributed by atoms with Gasteiger partial charge in [0, 0.05) is 17.5 Å². The van der Waals surface area contributed by atoms with Crippen molar-refractivity contribution >= 4 is 17.7 Å². The van der Waals surface area contributed by atoms with Gasteiger partial charge in [-0.1, -0.05) is 25.5 Å². The molecule has 0 saturated carbocycles. The summed E-state index contributed by atoms with van der Waals surface area (Å²) in [6.45, 7) is 6.78. The lowest BCUT2D eigenvalue weighted by Crippen LogP contribution is -2.31. The Hall–Kier alpha value is -1.00. The van der Waals surface area contributed by atoms with Crippen LogP contribution in [-0.4, -0.2) is 17.7 Å². The smallest absolute Gasteiger partial charge is 0.233 e. The Labute approximate surface area is 120 Å². The van der Waals surface area contributed by atoms with E-state index < -0.39 is 0 Å². The summed E-state index contributed by atoms with van der Waals surface area (Å²) in [6, 6.07) is 8.11. The number of carbonyl (C=O) groups is 1. The van der Waals surface area contributed by atoms with E-state index in [4.69, 9.17) is 5.73 Å². The van der Waals surface area contributed by atoms with Gasteiger partial charge < -0.3 is 11.1 Å². The third-order valence-corrected chi connectivity index (χ3v) is 3.99. The molecule has 0 aliphatic rings. The molecule has 1 aromatic rings. The van der Waals surface area contributed by atoms with Crippen molar-refractivity contribution in [1.29, 1.82) is 0 Å². The van der Waals surface area contributed by atoms with Crippen molar-refractivity contribution < 1.29 is 4.79 Å². The molecule has 0 bridgehead atoms. The van der Waals surface area contributed by atoms with Crippen LogP contribution in [0, 0.1) is 0 Å². The fourth-order valence-electron chi connectivity index (χ4n) is 1.66. The molecule has 1 aromatic carbocycles. The fraction of sp³-hybridized carbons (Fsp3) is 0.533. The Morgan fingerprint density at radius 1 is 1.42 bits per heavy atom. The standard InChI is InChI=1S/C15H24N2OS/c1-4-5-9-17-15(18)12(3)19-14-8-6-7-13(10-14)11(2)16/h6-8,10-12H,4-5,9,16H2,1-3H3,(H,17,18). The van der Waals surface area contributed by atoms with Crippen LogP contribution in [0.2, 0.25) is 0 Å². The summed E-state index contributed by atoms with van der Waals surface area (Å²) in [6.07, 6.45) is 2.13. The van der Waals surface area contributed by atoms with E-state index >= 15 is 0 Å². The molecule has 0 heterocycles. The maximum Gasteiger partial charge on any atom is 0.233 e. The third kappa shape index (κ3) is 5.66.